The highest BCUT2D eigenvalue weighted by Gasteiger charge is 2.46. The molecular formula is C23H26FN7O3. The Morgan fingerprint density at radius 2 is 2.12 bits per heavy atom. The quantitative estimate of drug-likeness (QED) is 0.496. The van der Waals surface area contributed by atoms with Crippen LogP contribution in [0.5, 0.6) is 0 Å². The number of carbonyl (C=O) groups is 2. The smallest absolute Gasteiger partial charge is 0.327 e. The van der Waals surface area contributed by atoms with Crippen molar-refractivity contribution in [2.24, 2.45) is 0 Å². The topological polar surface area (TPSA) is 115 Å². The summed E-state index contributed by atoms with van der Waals surface area (Å²) in [6.07, 6.45) is 8.30. The fourth-order valence-corrected chi connectivity index (χ4v) is 4.83. The number of halogens is 1. The van der Waals surface area contributed by atoms with Crippen LogP contribution in [-0.4, -0.2) is 63.7 Å². The molecular weight excluding hydrogens is 441 g/mol. The van der Waals surface area contributed by atoms with Crippen molar-refractivity contribution in [2.75, 3.05) is 41.3 Å². The maximum Gasteiger partial charge on any atom is 0.327 e. The van der Waals surface area contributed by atoms with E-state index in [-0.39, 0.29) is 23.7 Å². The second-order valence-electron chi connectivity index (χ2n) is 8.88. The number of urea groups is 1. The van der Waals surface area contributed by atoms with E-state index in [1.54, 1.807) is 27.9 Å². The number of aryl methyl sites for hydroxylation is 1. The Bertz CT molecular complexity index is 1260. The first-order valence-corrected chi connectivity index (χ1v) is 11.2. The van der Waals surface area contributed by atoms with E-state index < -0.39 is 5.82 Å². The Morgan fingerprint density at radius 1 is 1.32 bits per heavy atom. The first-order valence-electron chi connectivity index (χ1n) is 11.2. The number of aromatic nitrogens is 3. The first-order chi connectivity index (χ1) is 16.4. The first kappa shape index (κ1) is 22.1. The van der Waals surface area contributed by atoms with Crippen LogP contribution in [0.3, 0.4) is 0 Å². The number of carboxylic acid groups (broad SMARTS) is 1. The van der Waals surface area contributed by atoms with Gasteiger partial charge in [-0.05, 0) is 32.3 Å². The molecule has 34 heavy (non-hydrogen) atoms. The molecule has 0 radical (unpaired) electrons. The molecule has 178 valence electrons. The minimum absolute atomic E-state index is 0.122. The SMILES string of the molecule is Cc1cn2cc(NC(=O)N3CCc4c(N5CCNC6(CC6)C5)ccnc43)c(F)cc2n1.O=CO. The largest absolute Gasteiger partial charge is 0.483 e. The summed E-state index contributed by atoms with van der Waals surface area (Å²) in [5.74, 6) is 0.154. The summed E-state index contributed by atoms with van der Waals surface area (Å²) >= 11 is 0. The predicted octanol–water partition coefficient (Wildman–Crippen LogP) is 2.41. The second-order valence-corrected chi connectivity index (χ2v) is 8.88. The van der Waals surface area contributed by atoms with Crippen LogP contribution in [0.25, 0.3) is 5.65 Å². The van der Waals surface area contributed by atoms with Gasteiger partial charge in [0.05, 0.1) is 11.4 Å². The minimum Gasteiger partial charge on any atom is -0.483 e. The fraction of sp³-hybridized carbons (Fsp3) is 0.391. The fourth-order valence-electron chi connectivity index (χ4n) is 4.83. The third-order valence-corrected chi connectivity index (χ3v) is 6.57. The maximum absolute atomic E-state index is 14.5. The number of nitrogens with zero attached hydrogens (tertiary/aromatic N) is 5. The number of nitrogens with one attached hydrogen (secondary N) is 2. The molecule has 5 heterocycles. The van der Waals surface area contributed by atoms with Gasteiger partial charge in [-0.15, -0.1) is 0 Å². The molecule has 0 unspecified atom stereocenters. The van der Waals surface area contributed by atoms with Crippen LogP contribution in [0.4, 0.5) is 26.4 Å². The van der Waals surface area contributed by atoms with Gasteiger partial charge in [0.2, 0.25) is 0 Å². The molecule has 0 atom stereocenters. The van der Waals surface area contributed by atoms with Crippen LogP contribution in [0.1, 0.15) is 24.1 Å². The Morgan fingerprint density at radius 3 is 2.88 bits per heavy atom. The van der Waals surface area contributed by atoms with Gasteiger partial charge >= 0.3 is 6.03 Å². The highest BCUT2D eigenvalue weighted by atomic mass is 19.1. The lowest BCUT2D eigenvalue weighted by Gasteiger charge is -2.36. The van der Waals surface area contributed by atoms with E-state index in [1.165, 1.54) is 18.9 Å². The molecule has 1 saturated carbocycles. The van der Waals surface area contributed by atoms with E-state index in [1.807, 2.05) is 6.92 Å². The number of hydrogen-bond donors (Lipinski definition) is 3. The molecule has 1 saturated heterocycles. The molecule has 0 bridgehead atoms. The highest BCUT2D eigenvalue weighted by molar-refractivity contribution is 6.03. The number of carbonyl (C=O) groups excluding carboxylic acids is 1. The average Bonchev–Trinajstić information content (AvgIpc) is 3.24. The van der Waals surface area contributed by atoms with Crippen LogP contribution in [0.2, 0.25) is 0 Å². The van der Waals surface area contributed by atoms with E-state index in [0.29, 0.717) is 18.0 Å². The van der Waals surface area contributed by atoms with Crippen molar-refractivity contribution < 1.29 is 19.1 Å². The standard InChI is InChI=1S/C22H24FN7O.CH2O2/c1-14-11-29-12-17(16(23)10-19(29)26-14)27-21(31)30-8-3-15-18(2-6-24-20(15)30)28-9-7-25-22(13-28)4-5-22;2-1-3/h2,6,10-12,25H,3-5,7-9,13H2,1H3,(H,27,31);1H,(H,2,3). The zero-order valence-corrected chi connectivity index (χ0v) is 18.8. The van der Waals surface area contributed by atoms with Gasteiger partial charge in [0.25, 0.3) is 6.47 Å². The van der Waals surface area contributed by atoms with Gasteiger partial charge in [0.15, 0.2) is 5.82 Å². The number of imidazole rings is 1. The molecule has 10 nitrogen and oxygen atoms in total. The summed E-state index contributed by atoms with van der Waals surface area (Å²) in [7, 11) is 0. The lowest BCUT2D eigenvalue weighted by Crippen LogP contribution is -2.52. The van der Waals surface area contributed by atoms with Gasteiger partial charge in [-0.2, -0.15) is 0 Å². The van der Waals surface area contributed by atoms with Crippen LogP contribution in [-0.2, 0) is 11.2 Å². The van der Waals surface area contributed by atoms with Crippen LogP contribution in [0.15, 0.2) is 30.7 Å². The lowest BCUT2D eigenvalue weighted by molar-refractivity contribution is -0.122. The number of fused-ring (bicyclic) bond motifs is 2. The maximum atomic E-state index is 14.5. The minimum atomic E-state index is -0.511. The number of hydrogen-bond acceptors (Lipinski definition) is 6. The third-order valence-electron chi connectivity index (χ3n) is 6.57. The molecule has 6 rings (SSSR count). The summed E-state index contributed by atoms with van der Waals surface area (Å²) in [5, 5.41) is 13.2. The summed E-state index contributed by atoms with van der Waals surface area (Å²) in [6.45, 7) is 5.02. The number of amides is 2. The van der Waals surface area contributed by atoms with Crippen molar-refractivity contribution in [1.82, 2.24) is 19.7 Å². The zero-order chi connectivity index (χ0) is 23.9. The molecule has 2 fully saturated rings. The summed E-state index contributed by atoms with van der Waals surface area (Å²) in [5.41, 5.74) is 3.94. The van der Waals surface area contributed by atoms with Crippen molar-refractivity contribution in [2.45, 2.75) is 31.7 Å². The molecule has 3 aromatic heterocycles. The Kier molecular flexibility index (Phi) is 5.56. The molecule has 3 aromatic rings. The number of piperazine rings is 1. The molecule has 1 aliphatic carbocycles. The van der Waals surface area contributed by atoms with E-state index in [4.69, 9.17) is 9.90 Å². The van der Waals surface area contributed by atoms with Gasteiger partial charge in [-0.25, -0.2) is 19.2 Å². The van der Waals surface area contributed by atoms with Crippen LogP contribution in [0, 0.1) is 12.7 Å². The summed E-state index contributed by atoms with van der Waals surface area (Å²) in [6, 6.07) is 3.00. The molecule has 0 aromatic carbocycles. The van der Waals surface area contributed by atoms with Crippen LogP contribution >= 0.6 is 0 Å². The van der Waals surface area contributed by atoms with Crippen molar-refractivity contribution in [3.05, 3.63) is 47.8 Å². The number of rotatable bonds is 2. The molecule has 11 heteroatoms. The van der Waals surface area contributed by atoms with Gasteiger partial charge in [0.1, 0.15) is 11.5 Å². The predicted molar refractivity (Wildman–Crippen MR) is 125 cm³/mol. The Hall–Kier alpha value is -3.73. The number of pyridine rings is 2. The molecule has 2 aliphatic heterocycles. The van der Waals surface area contributed by atoms with E-state index >= 15 is 0 Å². The summed E-state index contributed by atoms with van der Waals surface area (Å²) in [4.78, 5) is 34.2. The van der Waals surface area contributed by atoms with Gasteiger partial charge in [-0.1, -0.05) is 0 Å². The Balaban J connectivity index is 0.000000764. The monoisotopic (exact) mass is 467 g/mol. The molecule has 3 N–H and O–H groups in total. The highest BCUT2D eigenvalue weighted by Crippen LogP contribution is 2.41. The average molecular weight is 468 g/mol. The van der Waals surface area contributed by atoms with Crippen molar-refractivity contribution in [3.63, 3.8) is 0 Å². The van der Waals surface area contributed by atoms with E-state index in [0.717, 1.165) is 43.0 Å². The van der Waals surface area contributed by atoms with Gasteiger partial charge < -0.3 is 25.0 Å². The summed E-state index contributed by atoms with van der Waals surface area (Å²) < 4.78 is 16.3. The normalized spacial score (nSPS) is 17.8. The van der Waals surface area contributed by atoms with Crippen molar-refractivity contribution in [3.8, 4) is 0 Å². The van der Waals surface area contributed by atoms with E-state index in [2.05, 4.69) is 31.6 Å². The molecule has 1 spiro atoms. The Labute approximate surface area is 195 Å². The van der Waals surface area contributed by atoms with Crippen molar-refractivity contribution >= 4 is 35.3 Å². The molecule has 2 amide bonds. The lowest BCUT2D eigenvalue weighted by atomic mass is 10.1. The van der Waals surface area contributed by atoms with E-state index in [9.17, 15) is 9.18 Å². The second kappa shape index (κ2) is 8.56. The van der Waals surface area contributed by atoms with Crippen LogP contribution < -0.4 is 20.4 Å². The number of anilines is 3. The third kappa shape index (κ3) is 4.03. The van der Waals surface area contributed by atoms with Crippen molar-refractivity contribution in [1.29, 1.82) is 0 Å². The molecule has 3 aliphatic rings. The van der Waals surface area contributed by atoms with Gasteiger partial charge in [-0.3, -0.25) is 9.69 Å². The zero-order valence-electron chi connectivity index (χ0n) is 18.8. The van der Waals surface area contributed by atoms with Gasteiger partial charge in [0, 0.05) is 67.6 Å².